The second-order valence-electron chi connectivity index (χ2n) is 2.32. The smallest absolute Gasteiger partial charge is 0.299 e. The number of thioether (sulfide) groups is 1. The minimum atomic E-state index is 0.185. The van der Waals surface area contributed by atoms with Crippen molar-refractivity contribution in [3.05, 3.63) is 0 Å². The number of ketones is 1. The second-order valence-corrected chi connectivity index (χ2v) is 3.29. The Labute approximate surface area is 70.0 Å². The lowest BCUT2D eigenvalue weighted by Gasteiger charge is -1.97. The van der Waals surface area contributed by atoms with Gasteiger partial charge in [0, 0.05) is 0 Å². The molecule has 0 saturated carbocycles. The molecular weight excluding hydrogens is 160 g/mol. The molecule has 1 aliphatic rings. The zero-order valence-corrected chi connectivity index (χ0v) is 7.28. The van der Waals surface area contributed by atoms with Crippen LogP contribution in [0.4, 0.5) is 0 Å². The maximum atomic E-state index is 10.6. The lowest BCUT2D eigenvalue weighted by atomic mass is 10.4. The van der Waals surface area contributed by atoms with E-state index >= 15 is 0 Å². The molecule has 0 aromatic heterocycles. The van der Waals surface area contributed by atoms with Crippen LogP contribution in [0, 0.1) is 0 Å². The van der Waals surface area contributed by atoms with Crippen molar-refractivity contribution in [1.29, 1.82) is 0 Å². The van der Waals surface area contributed by atoms with Gasteiger partial charge in [0.2, 0.25) is 0 Å². The van der Waals surface area contributed by atoms with E-state index in [0.717, 1.165) is 18.1 Å². The third-order valence-corrected chi connectivity index (χ3v) is 2.24. The largest absolute Gasteiger partial charge is 0.404 e. The summed E-state index contributed by atoms with van der Waals surface area (Å²) in [6.45, 7) is 2.52. The quantitative estimate of drug-likeness (QED) is 0.585. The first kappa shape index (κ1) is 8.37. The molecule has 11 heavy (non-hydrogen) atoms. The number of rotatable bonds is 2. The summed E-state index contributed by atoms with van der Waals surface area (Å²) in [5, 5.41) is 3.97. The first-order valence-corrected chi connectivity index (χ1v) is 4.53. The van der Waals surface area contributed by atoms with E-state index in [0.29, 0.717) is 5.75 Å². The number of hydrogen-bond donors (Lipinski definition) is 1. The zero-order chi connectivity index (χ0) is 8.10. The Hall–Kier alpha value is -0.730. The van der Waals surface area contributed by atoms with Gasteiger partial charge in [-0.3, -0.25) is 10.1 Å². The van der Waals surface area contributed by atoms with Gasteiger partial charge in [-0.1, -0.05) is 0 Å². The number of amidine groups is 1. The molecular formula is C7H11N2OS+. The number of carbonyl (C=O) groups excluding carboxylic acids is 1. The molecule has 0 saturated heterocycles. The van der Waals surface area contributed by atoms with Crippen molar-refractivity contribution < 1.29 is 4.79 Å². The van der Waals surface area contributed by atoms with Crippen LogP contribution in [0.15, 0.2) is 0 Å². The molecule has 0 aromatic carbocycles. The molecule has 1 aliphatic heterocycles. The molecule has 0 atom stereocenters. The van der Waals surface area contributed by atoms with Gasteiger partial charge in [0.25, 0.3) is 0 Å². The number of carbonyl (C=O) groups is 1. The van der Waals surface area contributed by atoms with E-state index in [2.05, 4.69) is 9.98 Å². The summed E-state index contributed by atoms with van der Waals surface area (Å²) in [6, 6.07) is 0. The number of Topliss-reactive ketones (excluding diaryl/α,β-unsaturated/α-hetero) is 1. The second kappa shape index (κ2) is 4.21. The Morgan fingerprint density at radius 3 is 3.27 bits per heavy atom. The van der Waals surface area contributed by atoms with Gasteiger partial charge in [0.15, 0.2) is 6.21 Å². The van der Waals surface area contributed by atoms with Crippen molar-refractivity contribution in [2.45, 2.75) is 13.3 Å². The van der Waals surface area contributed by atoms with Crippen LogP contribution in [0.5, 0.6) is 0 Å². The van der Waals surface area contributed by atoms with E-state index in [4.69, 9.17) is 0 Å². The van der Waals surface area contributed by atoms with Gasteiger partial charge in [-0.15, -0.1) is 0 Å². The first-order chi connectivity index (χ1) is 5.29. The minimum absolute atomic E-state index is 0.185. The van der Waals surface area contributed by atoms with Gasteiger partial charge in [-0.05, 0) is 18.7 Å². The van der Waals surface area contributed by atoms with Gasteiger partial charge in [0.1, 0.15) is 5.78 Å². The third kappa shape index (κ3) is 3.25. The molecule has 0 amide bonds. The van der Waals surface area contributed by atoms with Crippen LogP contribution in [0.2, 0.25) is 0 Å². The van der Waals surface area contributed by atoms with E-state index in [1.165, 1.54) is 11.8 Å². The highest BCUT2D eigenvalue weighted by atomic mass is 32.2. The van der Waals surface area contributed by atoms with Crippen LogP contribution in [0.1, 0.15) is 13.3 Å². The summed E-state index contributed by atoms with van der Waals surface area (Å²) in [6.07, 6.45) is 2.85. The van der Waals surface area contributed by atoms with Crippen molar-refractivity contribution >= 4 is 28.9 Å². The zero-order valence-electron chi connectivity index (χ0n) is 6.46. The van der Waals surface area contributed by atoms with Crippen molar-refractivity contribution in [2.24, 2.45) is 0 Å². The summed E-state index contributed by atoms with van der Waals surface area (Å²) in [5.41, 5.74) is 0. The van der Waals surface area contributed by atoms with E-state index in [-0.39, 0.29) is 5.78 Å². The van der Waals surface area contributed by atoms with Crippen molar-refractivity contribution in [1.82, 2.24) is 9.98 Å². The maximum absolute atomic E-state index is 10.6. The molecule has 1 rings (SSSR count). The van der Waals surface area contributed by atoms with Crippen LogP contribution in [-0.2, 0) is 4.79 Å². The fraction of sp³-hybridized carbons (Fsp3) is 0.571. The Morgan fingerprint density at radius 2 is 2.73 bits per heavy atom. The Kier molecular flexibility index (Phi) is 3.20. The van der Waals surface area contributed by atoms with E-state index < -0.39 is 0 Å². The average molecular weight is 171 g/mol. The van der Waals surface area contributed by atoms with Crippen molar-refractivity contribution in [3.63, 3.8) is 0 Å². The fourth-order valence-corrected chi connectivity index (χ4v) is 1.39. The SMILES string of the molecule is CC(=O)CSC1=[N+]=CCCN1. The predicted molar refractivity (Wildman–Crippen MR) is 49.0 cm³/mol. The molecule has 1 N–H and O–H groups in total. The summed E-state index contributed by atoms with van der Waals surface area (Å²) < 4.78 is 4.09. The highest BCUT2D eigenvalue weighted by molar-refractivity contribution is 8.14. The first-order valence-electron chi connectivity index (χ1n) is 3.54. The van der Waals surface area contributed by atoms with Crippen LogP contribution >= 0.6 is 11.8 Å². The molecule has 0 radical (unpaired) electrons. The predicted octanol–water partition coefficient (Wildman–Crippen LogP) is -0.204. The van der Waals surface area contributed by atoms with E-state index in [1.807, 2.05) is 6.21 Å². The summed E-state index contributed by atoms with van der Waals surface area (Å²) in [4.78, 5) is 10.6. The number of nitrogens with zero attached hydrogens (tertiary/aromatic N) is 1. The minimum Gasteiger partial charge on any atom is -0.299 e. The maximum Gasteiger partial charge on any atom is 0.404 e. The van der Waals surface area contributed by atoms with Gasteiger partial charge in [-0.2, -0.15) is 0 Å². The van der Waals surface area contributed by atoms with Gasteiger partial charge in [-0.25, -0.2) is 4.67 Å². The molecule has 0 spiro atoms. The highest BCUT2D eigenvalue weighted by Gasteiger charge is 2.12. The highest BCUT2D eigenvalue weighted by Crippen LogP contribution is 1.99. The topological polar surface area (TPSA) is 43.2 Å². The van der Waals surface area contributed by atoms with Crippen LogP contribution in [0.25, 0.3) is 0 Å². The molecule has 1 heterocycles. The number of nitrogens with one attached hydrogen (secondary N) is 1. The molecule has 4 heteroatoms. The van der Waals surface area contributed by atoms with Crippen molar-refractivity contribution in [3.8, 4) is 0 Å². The van der Waals surface area contributed by atoms with Gasteiger partial charge < -0.3 is 0 Å². The molecule has 0 bridgehead atoms. The number of hydrogen-bond acceptors (Lipinski definition) is 3. The molecule has 0 unspecified atom stereocenters. The van der Waals surface area contributed by atoms with Gasteiger partial charge >= 0.3 is 5.17 Å². The summed E-state index contributed by atoms with van der Waals surface area (Å²) in [7, 11) is 0. The Bertz CT molecular complexity index is 218. The Balaban J connectivity index is 2.36. The molecule has 3 nitrogen and oxygen atoms in total. The van der Waals surface area contributed by atoms with Crippen LogP contribution in [-0.4, -0.2) is 29.5 Å². The van der Waals surface area contributed by atoms with E-state index in [1.54, 1.807) is 6.92 Å². The lowest BCUT2D eigenvalue weighted by molar-refractivity contribution is -0.114. The standard InChI is InChI=1S/C7H10N2OS/c1-6(10)5-11-7-8-3-2-4-9-7/h3H,2,4-5H2,1H3/p+1. The molecule has 0 fully saturated rings. The average Bonchev–Trinajstić information content (AvgIpc) is 2.03. The molecule has 0 aromatic rings. The molecule has 60 valence electrons. The van der Waals surface area contributed by atoms with Crippen LogP contribution < -0.4 is 9.98 Å². The van der Waals surface area contributed by atoms with Crippen molar-refractivity contribution in [2.75, 3.05) is 12.3 Å². The van der Waals surface area contributed by atoms with E-state index in [9.17, 15) is 4.79 Å². The van der Waals surface area contributed by atoms with Gasteiger partial charge in [0.05, 0.1) is 18.7 Å². The Morgan fingerprint density at radius 1 is 1.91 bits per heavy atom. The lowest BCUT2D eigenvalue weighted by Crippen LogP contribution is -2.28. The molecule has 0 aliphatic carbocycles. The third-order valence-electron chi connectivity index (χ3n) is 1.17. The summed E-state index contributed by atoms with van der Waals surface area (Å²) in [5.74, 6) is 0.699. The normalized spacial score (nSPS) is 15.5. The van der Waals surface area contributed by atoms with Crippen LogP contribution in [0.3, 0.4) is 0 Å². The fourth-order valence-electron chi connectivity index (χ4n) is 0.695. The summed E-state index contributed by atoms with van der Waals surface area (Å²) >= 11 is 1.46. The monoisotopic (exact) mass is 171 g/mol.